The van der Waals surface area contributed by atoms with Crippen molar-refractivity contribution in [3.8, 4) is 0 Å². The summed E-state index contributed by atoms with van der Waals surface area (Å²) in [5.74, 6) is 6.55. The summed E-state index contributed by atoms with van der Waals surface area (Å²) in [5.41, 5.74) is 10.3. The van der Waals surface area contributed by atoms with Crippen LogP contribution in [0, 0.1) is 0 Å². The predicted octanol–water partition coefficient (Wildman–Crippen LogP) is 21.0. The van der Waals surface area contributed by atoms with Crippen molar-refractivity contribution in [2.24, 2.45) is 0 Å². The highest BCUT2D eigenvalue weighted by Crippen LogP contribution is 2.50. The summed E-state index contributed by atoms with van der Waals surface area (Å²) in [6, 6.07) is 12.8. The standard InChI is InChI=1S/C60H84N6S6/c1-7-13-19-27-37-67-46-36-35-45-47(56(46)68-38-28-20-14-8-2)64-51-48-49(62-44-34-26-25-33-43(44)61-48)52-53(50(51)63-45)66-55-54(65-52)57(69-39-29-21-15-9-3)59(71-41-31-23-17-11-5)60(72-42-32-24-18-12-6)58(55)70-40-30-22-16-10-4/h25-26,33-36H,7-24,27-32,37-42H2,1-6H3. The number of para-hydroxylation sites is 2. The molecule has 0 spiro atoms. The van der Waals surface area contributed by atoms with Gasteiger partial charge in [-0.05, 0) is 97.3 Å². The molecule has 0 bridgehead atoms. The van der Waals surface area contributed by atoms with Crippen LogP contribution in [0.5, 0.6) is 0 Å². The minimum atomic E-state index is 0.764. The molecule has 7 aromatic rings. The Morgan fingerprint density at radius 2 is 0.556 bits per heavy atom. The Hall–Kier alpha value is -2.22. The Kier molecular flexibility index (Phi) is 25.3. The first-order valence-corrected chi connectivity index (χ1v) is 34.3. The number of nitrogens with zero attached hydrogens (tertiary/aromatic N) is 6. The third-order valence-corrected chi connectivity index (χ3v) is 21.0. The van der Waals surface area contributed by atoms with Crippen LogP contribution in [0.15, 0.2) is 65.8 Å². The van der Waals surface area contributed by atoms with E-state index in [2.05, 4.69) is 101 Å². The van der Waals surface area contributed by atoms with Crippen LogP contribution >= 0.6 is 70.6 Å². The zero-order valence-corrected chi connectivity index (χ0v) is 49.7. The predicted molar refractivity (Wildman–Crippen MR) is 327 cm³/mol. The molecule has 0 fully saturated rings. The van der Waals surface area contributed by atoms with Gasteiger partial charge in [-0.25, -0.2) is 29.9 Å². The second-order valence-corrected chi connectivity index (χ2v) is 26.1. The van der Waals surface area contributed by atoms with Crippen LogP contribution in [0.1, 0.15) is 196 Å². The van der Waals surface area contributed by atoms with Gasteiger partial charge in [0.15, 0.2) is 0 Å². The molecule has 12 heteroatoms. The van der Waals surface area contributed by atoms with Crippen LogP contribution in [0.2, 0.25) is 0 Å². The lowest BCUT2D eigenvalue weighted by Crippen LogP contribution is -2.03. The van der Waals surface area contributed by atoms with Crippen molar-refractivity contribution in [1.82, 2.24) is 29.9 Å². The molecular formula is C60H84N6S6. The van der Waals surface area contributed by atoms with Gasteiger partial charge in [0.1, 0.15) is 49.7 Å². The molecule has 0 saturated heterocycles. The molecule has 0 saturated carbocycles. The van der Waals surface area contributed by atoms with E-state index < -0.39 is 0 Å². The molecule has 0 N–H and O–H groups in total. The van der Waals surface area contributed by atoms with Gasteiger partial charge in [-0.2, -0.15) is 0 Å². The minimum Gasteiger partial charge on any atom is -0.242 e. The normalized spacial score (nSPS) is 12.1. The van der Waals surface area contributed by atoms with Gasteiger partial charge in [0.2, 0.25) is 0 Å². The van der Waals surface area contributed by atoms with Crippen LogP contribution in [-0.4, -0.2) is 64.4 Å². The molecule has 0 radical (unpaired) electrons. The van der Waals surface area contributed by atoms with E-state index in [1.54, 1.807) is 0 Å². The van der Waals surface area contributed by atoms with Crippen molar-refractivity contribution in [3.05, 3.63) is 36.4 Å². The summed E-state index contributed by atoms with van der Waals surface area (Å²) < 4.78 is 0. The molecular weight excluding hydrogens is 997 g/mol. The Morgan fingerprint density at radius 3 is 0.931 bits per heavy atom. The maximum Gasteiger partial charge on any atom is 0.120 e. The van der Waals surface area contributed by atoms with Crippen LogP contribution in [0.4, 0.5) is 0 Å². The van der Waals surface area contributed by atoms with Gasteiger partial charge in [-0.1, -0.05) is 169 Å². The van der Waals surface area contributed by atoms with Crippen molar-refractivity contribution >= 4 is 137 Å². The molecule has 0 aliphatic rings. The number of fused-ring (bicyclic) bond motifs is 9. The highest BCUT2D eigenvalue weighted by atomic mass is 32.2. The molecule has 0 aliphatic carbocycles. The molecule has 0 unspecified atom stereocenters. The number of unbranched alkanes of at least 4 members (excludes halogenated alkanes) is 18. The number of thioether (sulfide) groups is 6. The summed E-state index contributed by atoms with van der Waals surface area (Å²) in [6.07, 6.45) is 30.0. The lowest BCUT2D eigenvalue weighted by molar-refractivity contribution is 0.705. The van der Waals surface area contributed by atoms with Crippen LogP contribution in [-0.2, 0) is 0 Å². The van der Waals surface area contributed by atoms with Gasteiger partial charge >= 0.3 is 0 Å². The maximum absolute atomic E-state index is 5.94. The van der Waals surface area contributed by atoms with Crippen LogP contribution < -0.4 is 0 Å². The van der Waals surface area contributed by atoms with Gasteiger partial charge in [-0.15, -0.1) is 70.6 Å². The summed E-state index contributed by atoms with van der Waals surface area (Å²) in [5, 5.41) is 0. The quantitative estimate of drug-likeness (QED) is 0.0162. The van der Waals surface area contributed by atoms with Gasteiger partial charge in [-0.3, -0.25) is 0 Å². The zero-order chi connectivity index (χ0) is 50.3. The Bertz CT molecular complexity index is 2780. The monoisotopic (exact) mass is 1080 g/mol. The van der Waals surface area contributed by atoms with E-state index in [9.17, 15) is 0 Å². The first-order valence-electron chi connectivity index (χ1n) is 28.4. The molecule has 0 atom stereocenters. The van der Waals surface area contributed by atoms with Crippen LogP contribution in [0.3, 0.4) is 0 Å². The van der Waals surface area contributed by atoms with E-state index in [0.29, 0.717) is 0 Å². The first-order chi connectivity index (χ1) is 35.6. The van der Waals surface area contributed by atoms with E-state index in [4.69, 9.17) is 29.9 Å². The third-order valence-electron chi connectivity index (χ3n) is 13.4. The van der Waals surface area contributed by atoms with E-state index in [1.807, 2.05) is 47.0 Å². The average molecular weight is 1080 g/mol. The van der Waals surface area contributed by atoms with Crippen molar-refractivity contribution in [3.63, 3.8) is 0 Å². The van der Waals surface area contributed by atoms with E-state index in [0.717, 1.165) is 101 Å². The molecule has 72 heavy (non-hydrogen) atoms. The summed E-state index contributed by atoms with van der Waals surface area (Å²) >= 11 is 12.2. The second-order valence-electron chi connectivity index (χ2n) is 19.5. The fourth-order valence-corrected chi connectivity index (χ4v) is 17.0. The van der Waals surface area contributed by atoms with Crippen molar-refractivity contribution < 1.29 is 0 Å². The Balaban J connectivity index is 1.52. The maximum atomic E-state index is 5.94. The van der Waals surface area contributed by atoms with E-state index in [1.165, 1.54) is 183 Å². The number of hydrogen-bond donors (Lipinski definition) is 0. The second kappa shape index (κ2) is 31.7. The fraction of sp³-hybridized carbons (Fsp3) is 0.600. The van der Waals surface area contributed by atoms with Crippen molar-refractivity contribution in [2.75, 3.05) is 34.5 Å². The zero-order valence-electron chi connectivity index (χ0n) is 44.8. The Labute approximate surface area is 459 Å². The van der Waals surface area contributed by atoms with Gasteiger partial charge < -0.3 is 0 Å². The molecule has 0 aliphatic heterocycles. The number of benzene rings is 4. The van der Waals surface area contributed by atoms with Crippen molar-refractivity contribution in [1.29, 1.82) is 0 Å². The lowest BCUT2D eigenvalue weighted by Gasteiger charge is -2.21. The summed E-state index contributed by atoms with van der Waals surface area (Å²) in [4.78, 5) is 42.2. The highest BCUT2D eigenvalue weighted by molar-refractivity contribution is 8.05. The Morgan fingerprint density at radius 1 is 0.250 bits per heavy atom. The topological polar surface area (TPSA) is 77.3 Å². The highest BCUT2D eigenvalue weighted by Gasteiger charge is 2.27. The van der Waals surface area contributed by atoms with Gasteiger partial charge in [0, 0.05) is 19.6 Å². The number of hydrogen-bond acceptors (Lipinski definition) is 12. The molecule has 3 aromatic heterocycles. The van der Waals surface area contributed by atoms with E-state index in [-0.39, 0.29) is 0 Å². The number of aromatic nitrogens is 6. The molecule has 390 valence electrons. The lowest BCUT2D eigenvalue weighted by atomic mass is 10.1. The SMILES string of the molecule is CCCCCCSc1ccc2nc3c(nc2c1SCCCCCC)c1nc2ccccc2nc1c1nc2c(SCCCCCC)c(SCCCCCC)c(SCCCCCC)c(SCCCCCC)c2nc31. The molecule has 6 nitrogen and oxygen atoms in total. The third kappa shape index (κ3) is 15.5. The minimum absolute atomic E-state index is 0.764. The summed E-state index contributed by atoms with van der Waals surface area (Å²) in [7, 11) is 0. The van der Waals surface area contributed by atoms with Gasteiger partial charge in [0.05, 0.1) is 26.3 Å². The average Bonchev–Trinajstić information content (AvgIpc) is 3.40. The largest absolute Gasteiger partial charge is 0.242 e. The van der Waals surface area contributed by atoms with Crippen LogP contribution in [0.25, 0.3) is 66.2 Å². The number of rotatable bonds is 36. The molecule has 0 amide bonds. The molecule has 4 aromatic carbocycles. The summed E-state index contributed by atoms with van der Waals surface area (Å²) in [6.45, 7) is 13.8. The fourth-order valence-electron chi connectivity index (χ4n) is 9.25. The molecule has 3 heterocycles. The first kappa shape index (κ1) is 57.5. The van der Waals surface area contributed by atoms with Gasteiger partial charge in [0.25, 0.3) is 0 Å². The van der Waals surface area contributed by atoms with E-state index >= 15 is 0 Å². The van der Waals surface area contributed by atoms with Crippen molar-refractivity contribution in [2.45, 2.75) is 225 Å². The molecule has 7 rings (SSSR count). The smallest absolute Gasteiger partial charge is 0.120 e.